The fourth-order valence-electron chi connectivity index (χ4n) is 1.36. The van der Waals surface area contributed by atoms with Crippen LogP contribution in [-0.4, -0.2) is 0 Å². The molecule has 0 atom stereocenters. The third-order valence-corrected chi connectivity index (χ3v) is 3.01. The molecule has 0 fully saturated rings. The van der Waals surface area contributed by atoms with Gasteiger partial charge < -0.3 is 4.74 Å². The van der Waals surface area contributed by atoms with Gasteiger partial charge in [0.25, 0.3) is 0 Å². The summed E-state index contributed by atoms with van der Waals surface area (Å²) in [5, 5.41) is 9.64. The highest BCUT2D eigenvalue weighted by Crippen LogP contribution is 2.30. The lowest BCUT2D eigenvalue weighted by Gasteiger charge is -2.08. The average molecular weight is 309 g/mol. The first kappa shape index (κ1) is 12.0. The quantitative estimate of drug-likeness (QED) is 0.801. The first-order valence-electron chi connectivity index (χ1n) is 4.83. The standard InChI is InChI=1S/C13H7BrClNO/c14-12-5-2-6-13(11(12)8-16)17-10-4-1-3-9(15)7-10/h1-7H. The minimum absolute atomic E-state index is 0.465. The first-order chi connectivity index (χ1) is 8.20. The maximum Gasteiger partial charge on any atom is 0.146 e. The Balaban J connectivity index is 2.37. The summed E-state index contributed by atoms with van der Waals surface area (Å²) in [7, 11) is 0. The van der Waals surface area contributed by atoms with Gasteiger partial charge in [-0.15, -0.1) is 0 Å². The van der Waals surface area contributed by atoms with Crippen LogP contribution in [0.4, 0.5) is 0 Å². The normalized spacial score (nSPS) is 9.71. The molecule has 17 heavy (non-hydrogen) atoms. The van der Waals surface area contributed by atoms with Crippen molar-refractivity contribution in [2.24, 2.45) is 0 Å². The molecule has 0 aliphatic heterocycles. The zero-order valence-corrected chi connectivity index (χ0v) is 11.0. The second-order valence-electron chi connectivity index (χ2n) is 3.28. The lowest BCUT2D eigenvalue weighted by atomic mass is 10.2. The predicted molar refractivity (Wildman–Crippen MR) is 70.4 cm³/mol. The van der Waals surface area contributed by atoms with E-state index in [1.54, 1.807) is 36.4 Å². The van der Waals surface area contributed by atoms with Crippen molar-refractivity contribution < 1.29 is 4.74 Å². The van der Waals surface area contributed by atoms with E-state index in [0.717, 1.165) is 0 Å². The molecule has 0 spiro atoms. The molecular weight excluding hydrogens is 302 g/mol. The molecule has 4 heteroatoms. The maximum atomic E-state index is 9.05. The Bertz CT molecular complexity index is 592. The van der Waals surface area contributed by atoms with Gasteiger partial charge in [-0.1, -0.05) is 23.7 Å². The average Bonchev–Trinajstić information content (AvgIpc) is 2.29. The van der Waals surface area contributed by atoms with Crippen LogP contribution in [0.3, 0.4) is 0 Å². The Labute approximate surface area is 113 Å². The number of rotatable bonds is 2. The van der Waals surface area contributed by atoms with Crippen LogP contribution in [0.2, 0.25) is 5.02 Å². The topological polar surface area (TPSA) is 33.0 Å². The molecule has 0 saturated carbocycles. The van der Waals surface area contributed by atoms with E-state index in [0.29, 0.717) is 26.6 Å². The van der Waals surface area contributed by atoms with E-state index in [1.807, 2.05) is 6.07 Å². The third kappa shape index (κ3) is 2.79. The summed E-state index contributed by atoms with van der Waals surface area (Å²) in [4.78, 5) is 0. The van der Waals surface area contributed by atoms with Crippen molar-refractivity contribution in [3.8, 4) is 17.6 Å². The summed E-state index contributed by atoms with van der Waals surface area (Å²) in [5.41, 5.74) is 0.465. The molecule has 0 amide bonds. The highest BCUT2D eigenvalue weighted by atomic mass is 79.9. The fourth-order valence-corrected chi connectivity index (χ4v) is 1.97. The van der Waals surface area contributed by atoms with Crippen LogP contribution in [0.5, 0.6) is 11.5 Å². The highest BCUT2D eigenvalue weighted by Gasteiger charge is 2.08. The van der Waals surface area contributed by atoms with E-state index in [4.69, 9.17) is 21.6 Å². The van der Waals surface area contributed by atoms with E-state index >= 15 is 0 Å². The molecule has 0 radical (unpaired) electrons. The van der Waals surface area contributed by atoms with Crippen LogP contribution in [0.1, 0.15) is 5.56 Å². The van der Waals surface area contributed by atoms with Gasteiger partial charge in [-0.3, -0.25) is 0 Å². The summed E-state index contributed by atoms with van der Waals surface area (Å²) in [6.07, 6.45) is 0. The molecule has 0 N–H and O–H groups in total. The molecule has 0 aliphatic carbocycles. The van der Waals surface area contributed by atoms with E-state index in [1.165, 1.54) is 0 Å². The van der Waals surface area contributed by atoms with Crippen molar-refractivity contribution in [1.29, 1.82) is 5.26 Å². The SMILES string of the molecule is N#Cc1c(Br)cccc1Oc1cccc(Cl)c1. The van der Waals surface area contributed by atoms with Crippen molar-refractivity contribution in [2.75, 3.05) is 0 Å². The lowest BCUT2D eigenvalue weighted by molar-refractivity contribution is 0.481. The van der Waals surface area contributed by atoms with Gasteiger partial charge >= 0.3 is 0 Å². The molecule has 2 nitrogen and oxygen atoms in total. The van der Waals surface area contributed by atoms with E-state index in [-0.39, 0.29) is 0 Å². The van der Waals surface area contributed by atoms with Gasteiger partial charge in [-0.2, -0.15) is 5.26 Å². The first-order valence-corrected chi connectivity index (χ1v) is 6.00. The van der Waals surface area contributed by atoms with Crippen molar-refractivity contribution in [1.82, 2.24) is 0 Å². The summed E-state index contributed by atoms with van der Waals surface area (Å²) < 4.78 is 6.33. The number of hydrogen-bond donors (Lipinski definition) is 0. The molecule has 84 valence electrons. The van der Waals surface area contributed by atoms with E-state index in [9.17, 15) is 0 Å². The number of nitrogens with zero attached hydrogens (tertiary/aromatic N) is 1. The van der Waals surface area contributed by atoms with E-state index in [2.05, 4.69) is 22.0 Å². The molecule has 2 rings (SSSR count). The number of halogens is 2. The van der Waals surface area contributed by atoms with E-state index < -0.39 is 0 Å². The second-order valence-corrected chi connectivity index (χ2v) is 4.57. The number of benzene rings is 2. The van der Waals surface area contributed by atoms with Crippen molar-refractivity contribution in [2.45, 2.75) is 0 Å². The molecule has 0 bridgehead atoms. The predicted octanol–water partition coefficient (Wildman–Crippen LogP) is 4.77. The van der Waals surface area contributed by atoms with Crippen LogP contribution in [0.15, 0.2) is 46.9 Å². The highest BCUT2D eigenvalue weighted by molar-refractivity contribution is 9.10. The van der Waals surface area contributed by atoms with Crippen LogP contribution in [-0.2, 0) is 0 Å². The van der Waals surface area contributed by atoms with Crippen LogP contribution in [0, 0.1) is 11.3 Å². The van der Waals surface area contributed by atoms with Crippen LogP contribution >= 0.6 is 27.5 Å². The molecule has 2 aromatic rings. The zero-order valence-electron chi connectivity index (χ0n) is 8.65. The van der Waals surface area contributed by atoms with Crippen LogP contribution < -0.4 is 4.74 Å². The van der Waals surface area contributed by atoms with Gasteiger partial charge in [0.1, 0.15) is 23.1 Å². The summed E-state index contributed by atoms with van der Waals surface area (Å²) in [5.74, 6) is 1.11. The third-order valence-electron chi connectivity index (χ3n) is 2.11. The minimum atomic E-state index is 0.465. The van der Waals surface area contributed by atoms with Crippen LogP contribution in [0.25, 0.3) is 0 Å². The largest absolute Gasteiger partial charge is 0.456 e. The summed E-state index contributed by atoms with van der Waals surface area (Å²) >= 11 is 9.17. The Morgan fingerprint density at radius 2 is 1.94 bits per heavy atom. The zero-order chi connectivity index (χ0) is 12.3. The summed E-state index contributed by atoms with van der Waals surface area (Å²) in [6.45, 7) is 0. The fraction of sp³-hybridized carbons (Fsp3) is 0. The molecule has 0 heterocycles. The number of nitriles is 1. The Hall–Kier alpha value is -1.50. The van der Waals surface area contributed by atoms with Gasteiger partial charge in [0.15, 0.2) is 0 Å². The number of hydrogen-bond acceptors (Lipinski definition) is 2. The molecule has 2 aromatic carbocycles. The Morgan fingerprint density at radius 1 is 1.18 bits per heavy atom. The summed E-state index contributed by atoms with van der Waals surface area (Å²) in [6, 6.07) is 14.5. The second kappa shape index (κ2) is 5.22. The number of ether oxygens (including phenoxy) is 1. The Morgan fingerprint density at radius 3 is 2.65 bits per heavy atom. The van der Waals surface area contributed by atoms with Gasteiger partial charge in [0, 0.05) is 9.50 Å². The van der Waals surface area contributed by atoms with Crippen molar-refractivity contribution in [3.63, 3.8) is 0 Å². The van der Waals surface area contributed by atoms with Crippen molar-refractivity contribution in [3.05, 3.63) is 57.5 Å². The van der Waals surface area contributed by atoms with Gasteiger partial charge in [-0.25, -0.2) is 0 Å². The van der Waals surface area contributed by atoms with Gasteiger partial charge in [0.2, 0.25) is 0 Å². The smallest absolute Gasteiger partial charge is 0.146 e. The lowest BCUT2D eigenvalue weighted by Crippen LogP contribution is -1.88. The van der Waals surface area contributed by atoms with Gasteiger partial charge in [-0.05, 0) is 46.3 Å². The molecule has 0 aliphatic rings. The monoisotopic (exact) mass is 307 g/mol. The molecular formula is C13H7BrClNO. The maximum absolute atomic E-state index is 9.05. The Kier molecular flexibility index (Phi) is 3.68. The minimum Gasteiger partial charge on any atom is -0.456 e. The molecule has 0 aromatic heterocycles. The van der Waals surface area contributed by atoms with Gasteiger partial charge in [0.05, 0.1) is 0 Å². The molecule has 0 unspecified atom stereocenters. The molecule has 0 saturated heterocycles. The van der Waals surface area contributed by atoms with Crippen molar-refractivity contribution >= 4 is 27.5 Å².